The van der Waals surface area contributed by atoms with Crippen LogP contribution in [0.3, 0.4) is 0 Å². The van der Waals surface area contributed by atoms with Crippen molar-refractivity contribution in [3.63, 3.8) is 0 Å². The SMILES string of the molecule is CCN(c1nc(-c2ccc(Br)cc2)cs1)C1(C(=O)O)CC1. The lowest BCUT2D eigenvalue weighted by molar-refractivity contribution is -0.139. The number of likely N-dealkylation sites (N-methyl/N-ethyl adjacent to an activating group) is 1. The first-order valence-electron chi connectivity index (χ1n) is 6.79. The number of anilines is 1. The zero-order valence-electron chi connectivity index (χ0n) is 11.5. The number of hydrogen-bond donors (Lipinski definition) is 1. The molecule has 4 nitrogen and oxygen atoms in total. The predicted octanol–water partition coefficient (Wildman–Crippen LogP) is 4.02. The van der Waals surface area contributed by atoms with Crippen LogP contribution in [-0.4, -0.2) is 28.1 Å². The monoisotopic (exact) mass is 366 g/mol. The summed E-state index contributed by atoms with van der Waals surface area (Å²) < 4.78 is 1.03. The fourth-order valence-electron chi connectivity index (χ4n) is 2.48. The summed E-state index contributed by atoms with van der Waals surface area (Å²) in [5.74, 6) is -0.746. The molecule has 0 spiro atoms. The van der Waals surface area contributed by atoms with Gasteiger partial charge in [0.15, 0.2) is 5.13 Å². The summed E-state index contributed by atoms with van der Waals surface area (Å²) in [5.41, 5.74) is 1.20. The van der Waals surface area contributed by atoms with Gasteiger partial charge in [0.25, 0.3) is 0 Å². The Bertz CT molecular complexity index is 665. The van der Waals surface area contributed by atoms with Crippen LogP contribution in [0.1, 0.15) is 19.8 Å². The van der Waals surface area contributed by atoms with Crippen LogP contribution in [0.25, 0.3) is 11.3 Å². The van der Waals surface area contributed by atoms with E-state index in [9.17, 15) is 9.90 Å². The van der Waals surface area contributed by atoms with E-state index >= 15 is 0 Å². The van der Waals surface area contributed by atoms with Crippen LogP contribution >= 0.6 is 27.3 Å². The average molecular weight is 367 g/mol. The maximum absolute atomic E-state index is 11.5. The van der Waals surface area contributed by atoms with Crippen molar-refractivity contribution in [2.45, 2.75) is 25.3 Å². The first-order valence-corrected chi connectivity index (χ1v) is 8.46. The lowest BCUT2D eigenvalue weighted by Crippen LogP contribution is -2.43. The van der Waals surface area contributed by atoms with E-state index in [4.69, 9.17) is 0 Å². The molecule has 1 saturated carbocycles. The van der Waals surface area contributed by atoms with Crippen molar-refractivity contribution >= 4 is 38.4 Å². The molecule has 1 aliphatic carbocycles. The van der Waals surface area contributed by atoms with Crippen LogP contribution in [0.15, 0.2) is 34.1 Å². The topological polar surface area (TPSA) is 53.4 Å². The molecule has 1 aliphatic rings. The Morgan fingerprint density at radius 1 is 1.43 bits per heavy atom. The third kappa shape index (κ3) is 2.58. The van der Waals surface area contributed by atoms with Gasteiger partial charge in [-0.15, -0.1) is 11.3 Å². The number of carboxylic acid groups (broad SMARTS) is 1. The molecule has 6 heteroatoms. The first kappa shape index (κ1) is 14.5. The third-order valence-electron chi connectivity index (χ3n) is 3.82. The molecule has 0 atom stereocenters. The highest BCUT2D eigenvalue weighted by Crippen LogP contribution is 2.45. The highest BCUT2D eigenvalue weighted by molar-refractivity contribution is 9.10. The van der Waals surface area contributed by atoms with Crippen molar-refractivity contribution in [2.75, 3.05) is 11.4 Å². The van der Waals surface area contributed by atoms with E-state index in [0.29, 0.717) is 19.4 Å². The van der Waals surface area contributed by atoms with Crippen molar-refractivity contribution in [1.29, 1.82) is 0 Å². The van der Waals surface area contributed by atoms with Gasteiger partial charge in [0.05, 0.1) is 5.69 Å². The quantitative estimate of drug-likeness (QED) is 0.868. The molecule has 1 heterocycles. The smallest absolute Gasteiger partial charge is 0.329 e. The second-order valence-corrected chi connectivity index (χ2v) is 6.86. The van der Waals surface area contributed by atoms with Crippen LogP contribution < -0.4 is 4.90 Å². The normalized spacial score (nSPS) is 15.7. The first-order chi connectivity index (χ1) is 10.1. The molecular formula is C15H15BrN2O2S. The van der Waals surface area contributed by atoms with Gasteiger partial charge in [-0.3, -0.25) is 0 Å². The molecular weight excluding hydrogens is 352 g/mol. The van der Waals surface area contributed by atoms with Gasteiger partial charge in [-0.25, -0.2) is 9.78 Å². The van der Waals surface area contributed by atoms with Crippen LogP contribution in [0, 0.1) is 0 Å². The van der Waals surface area contributed by atoms with Crippen molar-refractivity contribution in [1.82, 2.24) is 4.98 Å². The van der Waals surface area contributed by atoms with Gasteiger partial charge >= 0.3 is 5.97 Å². The van der Waals surface area contributed by atoms with E-state index in [1.165, 1.54) is 11.3 Å². The number of rotatable bonds is 5. The highest BCUT2D eigenvalue weighted by atomic mass is 79.9. The molecule has 0 saturated heterocycles. The number of aromatic nitrogens is 1. The largest absolute Gasteiger partial charge is 0.479 e. The molecule has 3 rings (SSSR count). The number of aliphatic carboxylic acids is 1. The van der Waals surface area contributed by atoms with Gasteiger partial charge in [-0.1, -0.05) is 28.1 Å². The third-order valence-corrected chi connectivity index (χ3v) is 5.21. The lowest BCUT2D eigenvalue weighted by Gasteiger charge is -2.27. The Morgan fingerprint density at radius 3 is 2.62 bits per heavy atom. The maximum Gasteiger partial charge on any atom is 0.329 e. The number of carbonyl (C=O) groups is 1. The molecule has 110 valence electrons. The molecule has 1 aromatic carbocycles. The standard InChI is InChI=1S/C15H15BrN2O2S/c1-2-18(15(7-8-15)13(19)20)14-17-12(9-21-14)10-3-5-11(16)6-4-10/h3-6,9H,2,7-8H2,1H3,(H,19,20). The average Bonchev–Trinajstić information content (AvgIpc) is 3.13. The second kappa shape index (κ2) is 5.42. The summed E-state index contributed by atoms with van der Waals surface area (Å²) in [6.07, 6.45) is 1.40. The van der Waals surface area contributed by atoms with Crippen LogP contribution in [0.2, 0.25) is 0 Å². The van der Waals surface area contributed by atoms with Gasteiger partial charge in [0, 0.05) is 22.0 Å². The molecule has 21 heavy (non-hydrogen) atoms. The number of carboxylic acids is 1. The van der Waals surface area contributed by atoms with E-state index in [-0.39, 0.29) is 0 Å². The van der Waals surface area contributed by atoms with Gasteiger partial charge < -0.3 is 10.0 Å². The summed E-state index contributed by atoms with van der Waals surface area (Å²) >= 11 is 4.92. The molecule has 0 amide bonds. The molecule has 0 radical (unpaired) electrons. The Labute approximate surface area is 135 Å². The highest BCUT2D eigenvalue weighted by Gasteiger charge is 2.55. The minimum atomic E-state index is -0.746. The number of hydrogen-bond acceptors (Lipinski definition) is 4. The molecule has 2 aromatic rings. The van der Waals surface area contributed by atoms with Crippen molar-refractivity contribution < 1.29 is 9.90 Å². The van der Waals surface area contributed by atoms with E-state index in [2.05, 4.69) is 20.9 Å². The second-order valence-electron chi connectivity index (χ2n) is 5.10. The summed E-state index contributed by atoms with van der Waals surface area (Å²) in [5, 5.41) is 12.2. The van der Waals surface area contributed by atoms with E-state index in [1.807, 2.05) is 41.5 Å². The van der Waals surface area contributed by atoms with Gasteiger partial charge in [0.1, 0.15) is 5.54 Å². The zero-order chi connectivity index (χ0) is 15.0. The fraction of sp³-hybridized carbons (Fsp3) is 0.333. The fourth-order valence-corrected chi connectivity index (χ4v) is 3.73. The van der Waals surface area contributed by atoms with Crippen LogP contribution in [0.5, 0.6) is 0 Å². The number of nitrogens with zero attached hydrogens (tertiary/aromatic N) is 2. The molecule has 1 fully saturated rings. The van der Waals surface area contributed by atoms with Crippen molar-refractivity contribution in [3.8, 4) is 11.3 Å². The summed E-state index contributed by atoms with van der Waals surface area (Å²) in [7, 11) is 0. The number of thiazole rings is 1. The summed E-state index contributed by atoms with van der Waals surface area (Å²) in [4.78, 5) is 18.1. The van der Waals surface area contributed by atoms with Crippen LogP contribution in [-0.2, 0) is 4.79 Å². The van der Waals surface area contributed by atoms with Crippen molar-refractivity contribution in [3.05, 3.63) is 34.1 Å². The van der Waals surface area contributed by atoms with Gasteiger partial charge in [-0.2, -0.15) is 0 Å². The molecule has 0 unspecified atom stereocenters. The predicted molar refractivity (Wildman–Crippen MR) is 87.9 cm³/mol. The number of halogens is 1. The minimum absolute atomic E-state index is 0.652. The maximum atomic E-state index is 11.5. The number of benzene rings is 1. The Kier molecular flexibility index (Phi) is 3.75. The van der Waals surface area contributed by atoms with Crippen LogP contribution in [0.4, 0.5) is 5.13 Å². The summed E-state index contributed by atoms with van der Waals surface area (Å²) in [6.45, 7) is 2.63. The molecule has 0 bridgehead atoms. The van der Waals surface area contributed by atoms with E-state index in [1.54, 1.807) is 0 Å². The lowest BCUT2D eigenvalue weighted by atomic mass is 10.2. The molecule has 1 aromatic heterocycles. The zero-order valence-corrected chi connectivity index (χ0v) is 13.9. The van der Waals surface area contributed by atoms with E-state index in [0.717, 1.165) is 20.9 Å². The van der Waals surface area contributed by atoms with Gasteiger partial charge in [-0.05, 0) is 31.9 Å². The minimum Gasteiger partial charge on any atom is -0.479 e. The Morgan fingerprint density at radius 2 is 2.10 bits per heavy atom. The van der Waals surface area contributed by atoms with Gasteiger partial charge in [0.2, 0.25) is 0 Å². The molecule has 1 N–H and O–H groups in total. The van der Waals surface area contributed by atoms with Crippen molar-refractivity contribution in [2.24, 2.45) is 0 Å². The Balaban J connectivity index is 1.90. The summed E-state index contributed by atoms with van der Waals surface area (Å²) in [6, 6.07) is 7.96. The molecule has 0 aliphatic heterocycles. The Hall–Kier alpha value is -1.40. The van der Waals surface area contributed by atoms with E-state index < -0.39 is 11.5 Å².